The molecule has 0 aliphatic carbocycles. The lowest BCUT2D eigenvalue weighted by molar-refractivity contribution is -0.0354. The molecule has 0 amide bonds. The van der Waals surface area contributed by atoms with E-state index >= 15 is 0 Å². The molecular weight excluding hydrogens is 268 g/mol. The van der Waals surface area contributed by atoms with Gasteiger partial charge in [0.05, 0.1) is 10.2 Å². The summed E-state index contributed by atoms with van der Waals surface area (Å²) in [7, 11) is -2.65. The van der Waals surface area contributed by atoms with Gasteiger partial charge in [0.2, 0.25) is 9.04 Å². The third-order valence-electron chi connectivity index (χ3n) is 1.81. The molecule has 0 rings (SSSR count). The van der Waals surface area contributed by atoms with Crippen LogP contribution in [0.4, 0.5) is 0 Å². The molecule has 0 bridgehead atoms. The van der Waals surface area contributed by atoms with Crippen LogP contribution in [0.25, 0.3) is 0 Å². The van der Waals surface area contributed by atoms with Crippen LogP contribution in [0.2, 0.25) is 39.3 Å². The molecule has 0 N–H and O–H groups in total. The van der Waals surface area contributed by atoms with Gasteiger partial charge in [0.1, 0.15) is 5.76 Å². The van der Waals surface area contributed by atoms with E-state index in [9.17, 15) is 0 Å². The van der Waals surface area contributed by atoms with Gasteiger partial charge in [-0.25, -0.2) is 0 Å². The molecule has 0 heterocycles. The van der Waals surface area contributed by atoms with Gasteiger partial charge in [-0.2, -0.15) is 0 Å². The van der Waals surface area contributed by atoms with Crippen LogP contribution in [-0.2, 0) is 13.3 Å². The van der Waals surface area contributed by atoms with E-state index in [0.717, 1.165) is 10.2 Å². The Morgan fingerprint density at radius 2 is 1.31 bits per heavy atom. The van der Waals surface area contributed by atoms with Gasteiger partial charge in [0.15, 0.2) is 23.5 Å². The van der Waals surface area contributed by atoms with E-state index in [1.54, 1.807) is 0 Å². The summed E-state index contributed by atoms with van der Waals surface area (Å²) < 4.78 is 17.8. The van der Waals surface area contributed by atoms with Gasteiger partial charge < -0.3 is 13.3 Å². The lowest BCUT2D eigenvalue weighted by atomic mass is 10.5. The van der Waals surface area contributed by atoms with E-state index in [1.807, 2.05) is 0 Å². The molecule has 0 aliphatic heterocycles. The van der Waals surface area contributed by atoms with Crippen LogP contribution in [0.5, 0.6) is 0 Å². The molecule has 16 heavy (non-hydrogen) atoms. The van der Waals surface area contributed by atoms with Crippen molar-refractivity contribution >= 4 is 37.4 Å². The summed E-state index contributed by atoms with van der Waals surface area (Å²) in [6.07, 6.45) is 0. The predicted octanol–water partition coefficient (Wildman–Crippen LogP) is 0.519. The highest BCUT2D eigenvalue weighted by Gasteiger charge is 2.33. The topological polar surface area (TPSA) is 27.7 Å². The van der Waals surface area contributed by atoms with Crippen molar-refractivity contribution < 1.29 is 13.3 Å². The summed E-state index contributed by atoms with van der Waals surface area (Å²) in [5, 5.41) is 0. The average Bonchev–Trinajstić information content (AvgIpc) is 1.98. The Balaban J connectivity index is 4.69. The van der Waals surface area contributed by atoms with Gasteiger partial charge in [0.25, 0.3) is 0 Å². The van der Waals surface area contributed by atoms with Crippen molar-refractivity contribution in [1.29, 1.82) is 0 Å². The molecule has 0 aliphatic rings. The Labute approximate surface area is 108 Å². The van der Waals surface area contributed by atoms with E-state index in [-0.39, 0.29) is 0 Å². The summed E-state index contributed by atoms with van der Waals surface area (Å²) in [6, 6.07) is 0. The van der Waals surface area contributed by atoms with E-state index < -0.39 is 32.5 Å². The number of hydrogen-bond donors (Lipinski definition) is 0. The fraction of sp³-hybridized carbons (Fsp3) is 0.778. The lowest BCUT2D eigenvalue weighted by Crippen LogP contribution is -2.46. The minimum absolute atomic E-state index is 0.585. The van der Waals surface area contributed by atoms with E-state index in [4.69, 9.17) is 13.3 Å². The van der Waals surface area contributed by atoms with Crippen molar-refractivity contribution in [2.45, 2.75) is 44.7 Å². The van der Waals surface area contributed by atoms with E-state index in [2.05, 4.69) is 45.9 Å². The Hall–Kier alpha value is 0.328. The molecule has 0 fully saturated rings. The third kappa shape index (κ3) is 6.16. The van der Waals surface area contributed by atoms with Crippen LogP contribution in [-0.4, -0.2) is 42.8 Å². The molecule has 0 saturated carbocycles. The van der Waals surface area contributed by atoms with E-state index in [0.29, 0.717) is 5.76 Å². The molecule has 96 valence electrons. The lowest BCUT2D eigenvalue weighted by Gasteiger charge is -2.36. The van der Waals surface area contributed by atoms with Gasteiger partial charge >= 0.3 is 0 Å². The van der Waals surface area contributed by atoms with Crippen molar-refractivity contribution in [1.82, 2.24) is 0 Å². The van der Waals surface area contributed by atoms with Crippen LogP contribution < -0.4 is 0 Å². The maximum atomic E-state index is 6.02. The number of rotatable bonds is 7. The number of hydrogen-bond acceptors (Lipinski definition) is 3. The zero-order valence-electron chi connectivity index (χ0n) is 11.7. The summed E-state index contributed by atoms with van der Waals surface area (Å²) in [5.74, 6) is 0.711. The Morgan fingerprint density at radius 1 is 0.938 bits per heavy atom. The maximum Gasteiger partial charge on any atom is 0.229 e. The minimum Gasteiger partial charge on any atom is -0.547 e. The summed E-state index contributed by atoms with van der Waals surface area (Å²) in [4.78, 5) is 0. The normalized spacial score (nSPS) is 12.8. The molecule has 7 heteroatoms. The molecule has 0 aromatic rings. The van der Waals surface area contributed by atoms with Gasteiger partial charge in [-0.3, -0.25) is 0 Å². The highest BCUT2D eigenvalue weighted by atomic mass is 28.3. The smallest absolute Gasteiger partial charge is 0.229 e. The van der Waals surface area contributed by atoms with Gasteiger partial charge in [0, 0.05) is 0 Å². The monoisotopic (exact) mass is 294 g/mol. The van der Waals surface area contributed by atoms with Crippen molar-refractivity contribution in [2.24, 2.45) is 0 Å². The Morgan fingerprint density at radius 3 is 1.56 bits per heavy atom. The average molecular weight is 295 g/mol. The van der Waals surface area contributed by atoms with Crippen LogP contribution in [0.1, 0.15) is 0 Å². The quantitative estimate of drug-likeness (QED) is 0.389. The highest BCUT2D eigenvalue weighted by Crippen LogP contribution is 2.22. The Kier molecular flexibility index (Phi) is 7.06. The van der Waals surface area contributed by atoms with Gasteiger partial charge in [-0.05, 0) is 39.3 Å². The summed E-state index contributed by atoms with van der Waals surface area (Å²) in [5.41, 5.74) is -0.585. The molecule has 0 saturated heterocycles. The van der Waals surface area contributed by atoms with Crippen molar-refractivity contribution in [3.8, 4) is 0 Å². The van der Waals surface area contributed by atoms with E-state index in [1.165, 1.54) is 0 Å². The van der Waals surface area contributed by atoms with Gasteiger partial charge in [-0.1, -0.05) is 6.58 Å². The van der Waals surface area contributed by atoms with Crippen LogP contribution in [0, 0.1) is 0 Å². The van der Waals surface area contributed by atoms with Crippen molar-refractivity contribution in [3.05, 3.63) is 12.3 Å². The fourth-order valence-electron chi connectivity index (χ4n) is 1.45. The SMILES string of the molecule is C=C(O[SiH](C)C)C([SiH3])(O[SiH](C)C)O[SiH](C)C. The highest BCUT2D eigenvalue weighted by molar-refractivity contribution is 6.51. The predicted molar refractivity (Wildman–Crippen MR) is 81.7 cm³/mol. The molecule has 0 spiro atoms. The molecular formula is C9H26O3Si4. The fourth-order valence-corrected chi connectivity index (χ4v) is 7.70. The summed E-state index contributed by atoms with van der Waals surface area (Å²) >= 11 is 0. The first kappa shape index (κ1) is 16.3. The second-order valence-electron chi connectivity index (χ2n) is 4.87. The molecule has 0 aromatic carbocycles. The first-order valence-corrected chi connectivity index (χ1v) is 15.2. The molecule has 0 radical (unpaired) electrons. The zero-order chi connectivity index (χ0) is 12.9. The van der Waals surface area contributed by atoms with Crippen LogP contribution >= 0.6 is 0 Å². The standard InChI is InChI=1S/C9H26O3Si4/c1-8(10-14(2)3)9(13,11-15(4)5)12-16(6)7/h14-16H,1H2,2-7,13H3. The summed E-state index contributed by atoms with van der Waals surface area (Å²) in [6.45, 7) is 16.9. The second-order valence-corrected chi connectivity index (χ2v) is 13.2. The first-order valence-electron chi connectivity index (χ1n) is 5.89. The third-order valence-corrected chi connectivity index (χ3v) is 6.38. The zero-order valence-corrected chi connectivity index (χ0v) is 17.1. The van der Waals surface area contributed by atoms with Crippen LogP contribution in [0.3, 0.4) is 0 Å². The Bertz CT molecular complexity index is 221. The molecule has 3 nitrogen and oxygen atoms in total. The maximum absolute atomic E-state index is 6.02. The van der Waals surface area contributed by atoms with Crippen LogP contribution in [0.15, 0.2) is 12.3 Å². The van der Waals surface area contributed by atoms with Crippen molar-refractivity contribution in [3.63, 3.8) is 0 Å². The first-order chi connectivity index (χ1) is 7.17. The van der Waals surface area contributed by atoms with Gasteiger partial charge in [-0.15, -0.1) is 0 Å². The molecule has 0 unspecified atom stereocenters. The minimum atomic E-state index is -1.15. The molecule has 0 aromatic heterocycles. The molecule has 0 atom stereocenters. The largest absolute Gasteiger partial charge is 0.547 e. The second kappa shape index (κ2) is 6.92. The van der Waals surface area contributed by atoms with Crippen molar-refractivity contribution in [2.75, 3.05) is 0 Å².